The molecule has 1 saturated heterocycles. The van der Waals surface area contributed by atoms with Crippen LogP contribution in [0.1, 0.15) is 24.4 Å². The monoisotopic (exact) mass is 439 g/mol. The normalized spacial score (nSPS) is 22.5. The molecule has 3 heterocycles. The molecule has 0 unspecified atom stereocenters. The molecule has 3 aromatic rings. The molecule has 1 amide bonds. The summed E-state index contributed by atoms with van der Waals surface area (Å²) in [6.45, 7) is 1.22. The Kier molecular flexibility index (Phi) is 5.61. The number of nitrogens with zero attached hydrogens (tertiary/aromatic N) is 3. The van der Waals surface area contributed by atoms with E-state index in [2.05, 4.69) is 20.9 Å². The zero-order valence-corrected chi connectivity index (χ0v) is 17.5. The molecular formula is C22H22FN5O2S. The van der Waals surface area contributed by atoms with Crippen molar-refractivity contribution in [3.05, 3.63) is 66.0 Å². The van der Waals surface area contributed by atoms with Crippen molar-refractivity contribution in [1.29, 1.82) is 0 Å². The summed E-state index contributed by atoms with van der Waals surface area (Å²) in [7, 11) is 0. The molecule has 2 aromatic carbocycles. The Bertz CT molecular complexity index is 1050. The Morgan fingerprint density at radius 1 is 1.19 bits per heavy atom. The SMILES string of the molecule is O=C(NC[C@@H]1CCCO1)[C@@H]1Sc2nnc(-c3ccccc3)n2N[C@H]1c1ccc(F)cc1. The minimum absolute atomic E-state index is 0.0584. The zero-order chi connectivity index (χ0) is 21.2. The number of halogens is 1. The summed E-state index contributed by atoms with van der Waals surface area (Å²) >= 11 is 1.35. The maximum Gasteiger partial charge on any atom is 0.236 e. The van der Waals surface area contributed by atoms with Gasteiger partial charge in [-0.05, 0) is 30.5 Å². The number of amides is 1. The van der Waals surface area contributed by atoms with Gasteiger partial charge >= 0.3 is 0 Å². The first-order valence-electron chi connectivity index (χ1n) is 10.3. The van der Waals surface area contributed by atoms with Crippen LogP contribution in [0.2, 0.25) is 0 Å². The van der Waals surface area contributed by atoms with E-state index in [-0.39, 0.29) is 23.9 Å². The molecule has 1 aromatic heterocycles. The third kappa shape index (κ3) is 4.15. The van der Waals surface area contributed by atoms with Gasteiger partial charge in [0.2, 0.25) is 11.1 Å². The van der Waals surface area contributed by atoms with Gasteiger partial charge in [0.1, 0.15) is 11.1 Å². The molecule has 7 nitrogen and oxygen atoms in total. The first kappa shape index (κ1) is 20.0. The lowest BCUT2D eigenvalue weighted by Crippen LogP contribution is -2.45. The quantitative estimate of drug-likeness (QED) is 0.636. The molecule has 0 aliphatic carbocycles. The largest absolute Gasteiger partial charge is 0.376 e. The van der Waals surface area contributed by atoms with Crippen LogP contribution in [0.15, 0.2) is 59.8 Å². The predicted molar refractivity (Wildman–Crippen MR) is 116 cm³/mol. The second-order valence-electron chi connectivity index (χ2n) is 7.58. The number of thioether (sulfide) groups is 1. The maximum atomic E-state index is 13.5. The average Bonchev–Trinajstić information content (AvgIpc) is 3.47. The van der Waals surface area contributed by atoms with Crippen LogP contribution in [0.3, 0.4) is 0 Å². The number of aromatic nitrogens is 3. The summed E-state index contributed by atoms with van der Waals surface area (Å²) < 4.78 is 21.0. The van der Waals surface area contributed by atoms with Crippen molar-refractivity contribution in [2.24, 2.45) is 0 Å². The van der Waals surface area contributed by atoms with Crippen molar-refractivity contribution in [1.82, 2.24) is 20.2 Å². The summed E-state index contributed by atoms with van der Waals surface area (Å²) in [6.07, 6.45) is 2.03. The number of nitrogens with one attached hydrogen (secondary N) is 2. The summed E-state index contributed by atoms with van der Waals surface area (Å²) in [5, 5.41) is 11.8. The van der Waals surface area contributed by atoms with Crippen LogP contribution >= 0.6 is 11.8 Å². The Balaban J connectivity index is 1.44. The average molecular weight is 440 g/mol. The van der Waals surface area contributed by atoms with E-state index in [1.165, 1.54) is 23.9 Å². The number of fused-ring (bicyclic) bond motifs is 1. The number of benzene rings is 2. The van der Waals surface area contributed by atoms with Gasteiger partial charge < -0.3 is 15.5 Å². The molecule has 2 N–H and O–H groups in total. The van der Waals surface area contributed by atoms with Gasteiger partial charge in [0.25, 0.3) is 0 Å². The van der Waals surface area contributed by atoms with Crippen LogP contribution in [0, 0.1) is 5.82 Å². The molecule has 5 rings (SSSR count). The fourth-order valence-corrected chi connectivity index (χ4v) is 4.97. The number of rotatable bonds is 5. The van der Waals surface area contributed by atoms with Crippen molar-refractivity contribution >= 4 is 17.7 Å². The van der Waals surface area contributed by atoms with Crippen molar-refractivity contribution in [3.63, 3.8) is 0 Å². The number of ether oxygens (including phenoxy) is 1. The molecule has 31 heavy (non-hydrogen) atoms. The minimum atomic E-state index is -0.493. The Hall–Kier alpha value is -2.91. The lowest BCUT2D eigenvalue weighted by atomic mass is 10.0. The highest BCUT2D eigenvalue weighted by Gasteiger charge is 2.38. The van der Waals surface area contributed by atoms with E-state index in [0.29, 0.717) is 17.5 Å². The molecule has 0 spiro atoms. The standard InChI is InChI=1S/C22H22FN5O2S/c23-16-10-8-14(9-11-16)18-19(21(29)24-13-17-7-4-12-30-17)31-22-26-25-20(28(22)27-18)15-5-2-1-3-6-15/h1-3,5-6,8-11,17-19,27H,4,7,12-13H2,(H,24,29)/t17-,18-,19+/m0/s1. The summed E-state index contributed by atoms with van der Waals surface area (Å²) in [4.78, 5) is 13.1. The molecule has 3 atom stereocenters. The molecule has 0 radical (unpaired) electrons. The molecule has 9 heteroatoms. The Morgan fingerprint density at radius 2 is 2.00 bits per heavy atom. The predicted octanol–water partition coefficient (Wildman–Crippen LogP) is 3.14. The fourth-order valence-electron chi connectivity index (χ4n) is 3.87. The second-order valence-corrected chi connectivity index (χ2v) is 8.69. The van der Waals surface area contributed by atoms with Crippen LogP contribution < -0.4 is 10.7 Å². The number of carbonyl (C=O) groups excluding carboxylic acids is 1. The third-order valence-corrected chi connectivity index (χ3v) is 6.70. The number of hydrogen-bond donors (Lipinski definition) is 2. The van der Waals surface area contributed by atoms with Crippen molar-refractivity contribution in [3.8, 4) is 11.4 Å². The summed E-state index contributed by atoms with van der Waals surface area (Å²) in [6, 6.07) is 15.5. The maximum absolute atomic E-state index is 13.5. The van der Waals surface area contributed by atoms with E-state index in [9.17, 15) is 9.18 Å². The summed E-state index contributed by atoms with van der Waals surface area (Å²) in [5.41, 5.74) is 5.12. The van der Waals surface area contributed by atoms with E-state index in [4.69, 9.17) is 4.74 Å². The molecule has 0 bridgehead atoms. The highest BCUT2D eigenvalue weighted by molar-refractivity contribution is 8.00. The minimum Gasteiger partial charge on any atom is -0.376 e. The summed E-state index contributed by atoms with van der Waals surface area (Å²) in [5.74, 6) is 0.229. The zero-order valence-electron chi connectivity index (χ0n) is 16.7. The highest BCUT2D eigenvalue weighted by Crippen LogP contribution is 2.38. The molecule has 1 fully saturated rings. The van der Waals surface area contributed by atoms with E-state index in [1.54, 1.807) is 16.8 Å². The van der Waals surface area contributed by atoms with Gasteiger partial charge in [-0.2, -0.15) is 0 Å². The van der Waals surface area contributed by atoms with Gasteiger partial charge in [0.15, 0.2) is 5.82 Å². The van der Waals surface area contributed by atoms with Crippen LogP contribution in [0.4, 0.5) is 4.39 Å². The molecule has 160 valence electrons. The van der Waals surface area contributed by atoms with Crippen LogP contribution in [-0.2, 0) is 9.53 Å². The van der Waals surface area contributed by atoms with E-state index in [1.807, 2.05) is 30.3 Å². The molecule has 2 aliphatic heterocycles. The third-order valence-electron chi connectivity index (χ3n) is 5.48. The number of hydrogen-bond acceptors (Lipinski definition) is 6. The van der Waals surface area contributed by atoms with Gasteiger partial charge in [0.05, 0.1) is 12.1 Å². The lowest BCUT2D eigenvalue weighted by Gasteiger charge is -2.33. The number of carbonyl (C=O) groups is 1. The lowest BCUT2D eigenvalue weighted by molar-refractivity contribution is -0.121. The van der Waals surface area contributed by atoms with Gasteiger partial charge in [0, 0.05) is 18.7 Å². The fraction of sp³-hybridized carbons (Fsp3) is 0.318. The van der Waals surface area contributed by atoms with Crippen LogP contribution in [-0.4, -0.2) is 45.3 Å². The van der Waals surface area contributed by atoms with Crippen molar-refractivity contribution < 1.29 is 13.9 Å². The molecule has 0 saturated carbocycles. The Labute approximate surface area is 183 Å². The van der Waals surface area contributed by atoms with Gasteiger partial charge in [-0.1, -0.05) is 54.2 Å². The Morgan fingerprint density at radius 3 is 2.74 bits per heavy atom. The van der Waals surface area contributed by atoms with Crippen LogP contribution in [0.25, 0.3) is 11.4 Å². The van der Waals surface area contributed by atoms with Gasteiger partial charge in [-0.25, -0.2) is 9.07 Å². The molecule has 2 aliphatic rings. The second kappa shape index (κ2) is 8.68. The van der Waals surface area contributed by atoms with E-state index < -0.39 is 5.25 Å². The topological polar surface area (TPSA) is 81.1 Å². The first-order valence-corrected chi connectivity index (χ1v) is 11.2. The van der Waals surface area contributed by atoms with Crippen molar-refractivity contribution in [2.45, 2.75) is 35.4 Å². The van der Waals surface area contributed by atoms with Crippen molar-refractivity contribution in [2.75, 3.05) is 18.6 Å². The highest BCUT2D eigenvalue weighted by atomic mass is 32.2. The van der Waals surface area contributed by atoms with E-state index in [0.717, 1.165) is 30.6 Å². The smallest absolute Gasteiger partial charge is 0.236 e. The van der Waals surface area contributed by atoms with Gasteiger partial charge in [-0.15, -0.1) is 10.2 Å². The first-order chi connectivity index (χ1) is 15.2. The van der Waals surface area contributed by atoms with Crippen LogP contribution in [0.5, 0.6) is 0 Å². The molecular weight excluding hydrogens is 417 g/mol. The van der Waals surface area contributed by atoms with E-state index >= 15 is 0 Å². The van der Waals surface area contributed by atoms with Gasteiger partial charge in [-0.3, -0.25) is 4.79 Å².